The number of rotatable bonds is 5. The van der Waals surface area contributed by atoms with Crippen LogP contribution in [-0.4, -0.2) is 50.2 Å². The number of nitrogens with zero attached hydrogens (tertiary/aromatic N) is 3. The van der Waals surface area contributed by atoms with Crippen LogP contribution < -0.4 is 9.62 Å². The maximum Gasteiger partial charge on any atom is 0.232 e. The highest BCUT2D eigenvalue weighted by Gasteiger charge is 2.26. The Balaban J connectivity index is 1.26. The first-order valence-electron chi connectivity index (χ1n) is 10.9. The van der Waals surface area contributed by atoms with Crippen LogP contribution in [0, 0.1) is 0 Å². The Morgan fingerprint density at radius 3 is 2.94 bits per heavy atom. The molecule has 1 N–H and O–H groups in total. The standard InChI is InChI=1S/C24H28N4O2S/c1-31(29,30)28-12-3-5-19-14-18(7-8-24(19)28)16-27-13-10-21(17-27)26-23-6-2-4-20-15-25-11-9-22(20)23/h2,4,6-9,11,14-15,21,26H,3,5,10,12-13,16-17H2,1H3. The minimum atomic E-state index is -3.22. The number of benzene rings is 2. The third-order valence-corrected chi connectivity index (χ3v) is 7.52. The first-order chi connectivity index (χ1) is 15.0. The Morgan fingerprint density at radius 2 is 2.06 bits per heavy atom. The molecule has 6 nitrogen and oxygen atoms in total. The third kappa shape index (κ3) is 4.25. The number of nitrogens with one attached hydrogen (secondary N) is 1. The lowest BCUT2D eigenvalue weighted by molar-refractivity contribution is 0.328. The van der Waals surface area contributed by atoms with Gasteiger partial charge in [-0.25, -0.2) is 8.42 Å². The van der Waals surface area contributed by atoms with E-state index in [1.165, 1.54) is 22.9 Å². The summed E-state index contributed by atoms with van der Waals surface area (Å²) in [6, 6.07) is 15.1. The monoisotopic (exact) mass is 436 g/mol. The molecule has 1 saturated heterocycles. The van der Waals surface area contributed by atoms with Crippen LogP contribution in [0.1, 0.15) is 24.0 Å². The zero-order chi connectivity index (χ0) is 21.4. The fraction of sp³-hybridized carbons (Fsp3) is 0.375. The van der Waals surface area contributed by atoms with Gasteiger partial charge in [-0.3, -0.25) is 14.2 Å². The van der Waals surface area contributed by atoms with Gasteiger partial charge in [0.15, 0.2) is 0 Å². The second kappa shape index (κ2) is 8.13. The van der Waals surface area contributed by atoms with E-state index in [1.807, 2.05) is 18.5 Å². The molecule has 0 radical (unpaired) electrons. The Labute approximate surface area is 183 Å². The molecular weight excluding hydrogens is 408 g/mol. The van der Waals surface area contributed by atoms with Crippen molar-refractivity contribution in [3.8, 4) is 0 Å². The average molecular weight is 437 g/mol. The van der Waals surface area contributed by atoms with Gasteiger partial charge in [-0.15, -0.1) is 0 Å². The molecule has 0 spiro atoms. The van der Waals surface area contributed by atoms with Crippen molar-refractivity contribution in [2.75, 3.05) is 35.5 Å². The molecular formula is C24H28N4O2S. The van der Waals surface area contributed by atoms with Gasteiger partial charge in [-0.05, 0) is 48.6 Å². The van der Waals surface area contributed by atoms with Crippen LogP contribution in [0.4, 0.5) is 11.4 Å². The van der Waals surface area contributed by atoms with Crippen LogP contribution in [0.5, 0.6) is 0 Å². The molecule has 1 unspecified atom stereocenters. The lowest BCUT2D eigenvalue weighted by Gasteiger charge is -2.30. The lowest BCUT2D eigenvalue weighted by atomic mass is 10.0. The van der Waals surface area contributed by atoms with Crippen molar-refractivity contribution in [1.82, 2.24) is 9.88 Å². The van der Waals surface area contributed by atoms with Gasteiger partial charge >= 0.3 is 0 Å². The highest BCUT2D eigenvalue weighted by molar-refractivity contribution is 7.92. The van der Waals surface area contributed by atoms with Crippen molar-refractivity contribution in [2.45, 2.75) is 31.8 Å². The first-order valence-corrected chi connectivity index (χ1v) is 12.7. The summed E-state index contributed by atoms with van der Waals surface area (Å²) in [5.41, 5.74) is 4.42. The van der Waals surface area contributed by atoms with Crippen LogP contribution in [0.25, 0.3) is 10.8 Å². The van der Waals surface area contributed by atoms with Crippen molar-refractivity contribution in [3.05, 3.63) is 66.0 Å². The van der Waals surface area contributed by atoms with E-state index in [2.05, 4.69) is 51.6 Å². The molecule has 0 aliphatic carbocycles. The van der Waals surface area contributed by atoms with E-state index in [0.29, 0.717) is 12.6 Å². The highest BCUT2D eigenvalue weighted by Crippen LogP contribution is 2.31. The lowest BCUT2D eigenvalue weighted by Crippen LogP contribution is -2.34. The van der Waals surface area contributed by atoms with Crippen molar-refractivity contribution >= 4 is 32.2 Å². The molecule has 3 heterocycles. The van der Waals surface area contributed by atoms with Crippen LogP contribution in [0.15, 0.2) is 54.9 Å². The summed E-state index contributed by atoms with van der Waals surface area (Å²) in [4.78, 5) is 6.70. The largest absolute Gasteiger partial charge is 0.380 e. The van der Waals surface area contributed by atoms with Gasteiger partial charge in [0.2, 0.25) is 10.0 Å². The third-order valence-electron chi connectivity index (χ3n) is 6.34. The number of aromatic nitrogens is 1. The van der Waals surface area contributed by atoms with Crippen LogP contribution in [-0.2, 0) is 23.0 Å². The van der Waals surface area contributed by atoms with Crippen LogP contribution in [0.2, 0.25) is 0 Å². The van der Waals surface area contributed by atoms with Crippen LogP contribution in [0.3, 0.4) is 0 Å². The van der Waals surface area contributed by atoms with Gasteiger partial charge in [-0.2, -0.15) is 0 Å². The number of sulfonamides is 1. The summed E-state index contributed by atoms with van der Waals surface area (Å²) in [5.74, 6) is 0. The summed E-state index contributed by atoms with van der Waals surface area (Å²) in [6.45, 7) is 3.52. The van der Waals surface area contributed by atoms with Gasteiger partial charge in [0, 0.05) is 61.1 Å². The second-order valence-corrected chi connectivity index (χ2v) is 10.6. The van der Waals surface area contributed by atoms with E-state index in [-0.39, 0.29) is 0 Å². The van der Waals surface area contributed by atoms with E-state index in [0.717, 1.165) is 55.5 Å². The quantitative estimate of drug-likeness (QED) is 0.662. The molecule has 0 bridgehead atoms. The van der Waals surface area contributed by atoms with Gasteiger partial charge in [0.25, 0.3) is 0 Å². The predicted molar refractivity (Wildman–Crippen MR) is 126 cm³/mol. The van der Waals surface area contributed by atoms with Crippen molar-refractivity contribution < 1.29 is 8.42 Å². The smallest absolute Gasteiger partial charge is 0.232 e. The fourth-order valence-electron chi connectivity index (χ4n) is 4.88. The molecule has 3 aromatic rings. The second-order valence-electron chi connectivity index (χ2n) is 8.67. The molecule has 5 rings (SSSR count). The van der Waals surface area contributed by atoms with E-state index >= 15 is 0 Å². The Bertz CT molecular complexity index is 1210. The molecule has 2 aromatic carbocycles. The Hall–Kier alpha value is -2.64. The molecule has 0 amide bonds. The highest BCUT2D eigenvalue weighted by atomic mass is 32.2. The minimum Gasteiger partial charge on any atom is -0.380 e. The van der Waals surface area contributed by atoms with Crippen molar-refractivity contribution in [3.63, 3.8) is 0 Å². The number of pyridine rings is 1. The van der Waals surface area contributed by atoms with E-state index in [4.69, 9.17) is 0 Å². The fourth-order valence-corrected chi connectivity index (χ4v) is 5.88. The molecule has 2 aliphatic rings. The molecule has 1 aromatic heterocycles. The Kier molecular flexibility index (Phi) is 5.32. The van der Waals surface area contributed by atoms with Gasteiger partial charge < -0.3 is 5.32 Å². The Morgan fingerprint density at radius 1 is 1.16 bits per heavy atom. The summed E-state index contributed by atoms with van der Waals surface area (Å²) in [7, 11) is -3.22. The topological polar surface area (TPSA) is 65.5 Å². The van der Waals surface area contributed by atoms with E-state index in [1.54, 1.807) is 4.31 Å². The number of hydrogen-bond donors (Lipinski definition) is 1. The number of anilines is 2. The summed E-state index contributed by atoms with van der Waals surface area (Å²) >= 11 is 0. The number of hydrogen-bond acceptors (Lipinski definition) is 5. The molecule has 31 heavy (non-hydrogen) atoms. The molecule has 7 heteroatoms. The van der Waals surface area contributed by atoms with E-state index in [9.17, 15) is 8.42 Å². The van der Waals surface area contributed by atoms with E-state index < -0.39 is 10.0 Å². The maximum atomic E-state index is 12.1. The summed E-state index contributed by atoms with van der Waals surface area (Å²) < 4.78 is 25.7. The van der Waals surface area contributed by atoms with Crippen LogP contribution >= 0.6 is 0 Å². The molecule has 162 valence electrons. The van der Waals surface area contributed by atoms with Gasteiger partial charge in [-0.1, -0.05) is 24.3 Å². The molecule has 1 fully saturated rings. The number of aryl methyl sites for hydroxylation is 1. The number of fused-ring (bicyclic) bond motifs is 2. The predicted octanol–water partition coefficient (Wildman–Crippen LogP) is 3.63. The maximum absolute atomic E-state index is 12.1. The first kappa shape index (κ1) is 20.3. The summed E-state index contributed by atoms with van der Waals surface area (Å²) in [5, 5.41) is 6.09. The zero-order valence-electron chi connectivity index (χ0n) is 17.8. The minimum absolute atomic E-state index is 0.414. The zero-order valence-corrected chi connectivity index (χ0v) is 18.6. The molecule has 1 atom stereocenters. The SMILES string of the molecule is CS(=O)(=O)N1CCCc2cc(CN3CCC(Nc4cccc5cnccc45)C3)ccc21. The van der Waals surface area contributed by atoms with Crippen molar-refractivity contribution in [1.29, 1.82) is 0 Å². The normalized spacial score (nSPS) is 19.5. The van der Waals surface area contributed by atoms with Gasteiger partial charge in [0.1, 0.15) is 0 Å². The summed E-state index contributed by atoms with van der Waals surface area (Å²) in [6.07, 6.45) is 7.96. The number of likely N-dealkylation sites (tertiary alicyclic amines) is 1. The van der Waals surface area contributed by atoms with Crippen molar-refractivity contribution in [2.24, 2.45) is 0 Å². The van der Waals surface area contributed by atoms with Gasteiger partial charge in [0.05, 0.1) is 11.9 Å². The molecule has 0 saturated carbocycles. The average Bonchev–Trinajstić information content (AvgIpc) is 3.19. The molecule has 2 aliphatic heterocycles.